The highest BCUT2D eigenvalue weighted by molar-refractivity contribution is 6.30. The molecule has 3 heterocycles. The van der Waals surface area contributed by atoms with E-state index in [9.17, 15) is 19.2 Å². The highest BCUT2D eigenvalue weighted by Crippen LogP contribution is 2.34. The number of likely N-dealkylation sites (tertiary alicyclic amines) is 1. The van der Waals surface area contributed by atoms with Gasteiger partial charge in [0.05, 0.1) is 11.6 Å². The third-order valence-electron chi connectivity index (χ3n) is 7.75. The van der Waals surface area contributed by atoms with Gasteiger partial charge in [0.25, 0.3) is 0 Å². The fourth-order valence-electron chi connectivity index (χ4n) is 5.54. The van der Waals surface area contributed by atoms with Gasteiger partial charge in [-0.05, 0) is 66.9 Å². The van der Waals surface area contributed by atoms with Crippen molar-refractivity contribution in [1.29, 1.82) is 5.26 Å². The van der Waals surface area contributed by atoms with Crippen molar-refractivity contribution in [2.45, 2.75) is 24.8 Å². The van der Waals surface area contributed by atoms with Gasteiger partial charge in [-0.3, -0.25) is 4.79 Å². The van der Waals surface area contributed by atoms with Gasteiger partial charge in [0.1, 0.15) is 23.5 Å². The van der Waals surface area contributed by atoms with Crippen molar-refractivity contribution in [3.8, 4) is 11.8 Å². The summed E-state index contributed by atoms with van der Waals surface area (Å²) in [5.41, 5.74) is 1.50. The molecule has 0 aliphatic carbocycles. The zero-order chi connectivity index (χ0) is 28.2. The highest BCUT2D eigenvalue weighted by Gasteiger charge is 2.42. The number of ether oxygens (including phenoxy) is 1. The lowest BCUT2D eigenvalue weighted by Crippen LogP contribution is -2.45. The van der Waals surface area contributed by atoms with Crippen LogP contribution in [0.4, 0.5) is 15.0 Å². The number of nitriles is 1. The van der Waals surface area contributed by atoms with E-state index in [1.807, 2.05) is 17.0 Å². The van der Waals surface area contributed by atoms with E-state index < -0.39 is 11.9 Å². The summed E-state index contributed by atoms with van der Waals surface area (Å²) < 4.78 is 18.8. The maximum atomic E-state index is 13.7. The summed E-state index contributed by atoms with van der Waals surface area (Å²) in [4.78, 5) is 36.6. The summed E-state index contributed by atoms with van der Waals surface area (Å²) in [6.45, 7) is 2.08. The quantitative estimate of drug-likeness (QED) is 0.431. The van der Waals surface area contributed by atoms with Gasteiger partial charge in [0.2, 0.25) is 5.91 Å². The molecule has 2 aromatic carbocycles. The predicted octanol–water partition coefficient (Wildman–Crippen LogP) is 5.09. The average molecular weight is 562 g/mol. The van der Waals surface area contributed by atoms with Gasteiger partial charge in [-0.15, -0.1) is 0 Å². The lowest BCUT2D eigenvalue weighted by atomic mass is 9.93. The summed E-state index contributed by atoms with van der Waals surface area (Å²) in [6.07, 6.45) is 2.39. The van der Waals surface area contributed by atoms with Crippen LogP contribution in [0.3, 0.4) is 0 Å². The van der Waals surface area contributed by atoms with E-state index in [4.69, 9.17) is 16.3 Å². The van der Waals surface area contributed by atoms with Gasteiger partial charge in [-0.2, -0.15) is 5.26 Å². The monoisotopic (exact) mass is 561 g/mol. The van der Waals surface area contributed by atoms with Crippen molar-refractivity contribution in [1.82, 2.24) is 14.8 Å². The first-order chi connectivity index (χ1) is 19.3. The normalized spacial score (nSPS) is 19.2. The van der Waals surface area contributed by atoms with Crippen LogP contribution in [0.25, 0.3) is 0 Å². The van der Waals surface area contributed by atoms with Crippen molar-refractivity contribution in [3.05, 3.63) is 88.8 Å². The second kappa shape index (κ2) is 11.9. The molecule has 0 N–H and O–H groups in total. The van der Waals surface area contributed by atoms with Crippen LogP contribution in [0.15, 0.2) is 66.9 Å². The Balaban J connectivity index is 1.29. The molecule has 1 aromatic heterocycles. The summed E-state index contributed by atoms with van der Waals surface area (Å²) >= 11 is 6.12. The van der Waals surface area contributed by atoms with E-state index >= 15 is 0 Å². The summed E-state index contributed by atoms with van der Waals surface area (Å²) in [5, 5.41) is 10.0. The van der Waals surface area contributed by atoms with Gasteiger partial charge in [-0.25, -0.2) is 14.2 Å². The van der Waals surface area contributed by atoms with Crippen molar-refractivity contribution < 1.29 is 18.7 Å². The van der Waals surface area contributed by atoms with E-state index in [1.165, 1.54) is 29.2 Å². The molecule has 2 atom stereocenters. The number of carbonyl (C=O) groups is 2. The van der Waals surface area contributed by atoms with Gasteiger partial charge >= 0.3 is 6.09 Å². The van der Waals surface area contributed by atoms with Crippen LogP contribution in [0.5, 0.6) is 5.75 Å². The minimum atomic E-state index is -0.582. The van der Waals surface area contributed by atoms with Crippen LogP contribution in [0.1, 0.15) is 29.9 Å². The first kappa shape index (κ1) is 27.4. The molecule has 3 aromatic rings. The number of anilines is 1. The maximum Gasteiger partial charge on any atom is 0.415 e. The van der Waals surface area contributed by atoms with Crippen LogP contribution in [0.2, 0.25) is 5.02 Å². The fraction of sp³-hybridized carbons (Fsp3) is 0.333. The fourth-order valence-corrected chi connectivity index (χ4v) is 5.67. The Hall–Kier alpha value is -4.16. The van der Waals surface area contributed by atoms with Crippen LogP contribution < -0.4 is 9.64 Å². The molecule has 40 heavy (non-hydrogen) atoms. The Bertz CT molecular complexity index is 1400. The van der Waals surface area contributed by atoms with Crippen molar-refractivity contribution in [2.75, 3.05) is 38.1 Å². The van der Waals surface area contributed by atoms with E-state index in [0.29, 0.717) is 55.4 Å². The zero-order valence-electron chi connectivity index (χ0n) is 22.0. The number of carbonyl (C=O) groups excluding carboxylic acids is 2. The Morgan fingerprint density at radius 3 is 2.45 bits per heavy atom. The number of hydrogen-bond donors (Lipinski definition) is 0. The zero-order valence-corrected chi connectivity index (χ0v) is 22.8. The molecule has 2 aliphatic heterocycles. The molecule has 2 saturated heterocycles. The molecule has 8 nitrogen and oxygen atoms in total. The molecule has 0 spiro atoms. The molecule has 206 valence electrons. The van der Waals surface area contributed by atoms with E-state index in [-0.39, 0.29) is 29.5 Å². The number of pyridine rings is 1. The number of amides is 2. The van der Waals surface area contributed by atoms with Gasteiger partial charge in [-0.1, -0.05) is 23.7 Å². The van der Waals surface area contributed by atoms with E-state index in [2.05, 4.69) is 16.0 Å². The highest BCUT2D eigenvalue weighted by atomic mass is 35.5. The third-order valence-corrected chi connectivity index (χ3v) is 8.01. The molecule has 2 fully saturated rings. The summed E-state index contributed by atoms with van der Waals surface area (Å²) in [5.74, 6) is 0.234. The number of likely N-dealkylation sites (N-methyl/N-ethyl adjacent to an activating group) is 1. The Morgan fingerprint density at radius 1 is 1.07 bits per heavy atom. The number of piperidine rings is 1. The molecule has 2 amide bonds. The topological polar surface area (TPSA) is 89.8 Å². The molecule has 0 unspecified atom stereocenters. The molecule has 2 aliphatic rings. The lowest BCUT2D eigenvalue weighted by molar-refractivity contribution is -0.135. The third kappa shape index (κ3) is 5.87. The first-order valence-corrected chi connectivity index (χ1v) is 13.6. The summed E-state index contributed by atoms with van der Waals surface area (Å²) in [7, 11) is 1.66. The van der Waals surface area contributed by atoms with Crippen molar-refractivity contribution >= 4 is 29.4 Å². The molecule has 0 radical (unpaired) electrons. The molecule has 0 saturated carbocycles. The van der Waals surface area contributed by atoms with Crippen LogP contribution in [-0.4, -0.2) is 66.1 Å². The van der Waals surface area contributed by atoms with E-state index in [0.717, 1.165) is 5.56 Å². The summed E-state index contributed by atoms with van der Waals surface area (Å²) in [6, 6.07) is 18.1. The van der Waals surface area contributed by atoms with Crippen LogP contribution >= 0.6 is 11.6 Å². The molecular weight excluding hydrogens is 533 g/mol. The number of benzene rings is 2. The average Bonchev–Trinajstić information content (AvgIpc) is 3.43. The van der Waals surface area contributed by atoms with E-state index in [1.54, 1.807) is 37.5 Å². The van der Waals surface area contributed by atoms with Gasteiger partial charge in [0.15, 0.2) is 0 Å². The second-order valence-corrected chi connectivity index (χ2v) is 10.6. The lowest BCUT2D eigenvalue weighted by Gasteiger charge is -2.34. The maximum absolute atomic E-state index is 13.7. The van der Waals surface area contributed by atoms with Gasteiger partial charge < -0.3 is 19.4 Å². The first-order valence-electron chi connectivity index (χ1n) is 13.2. The Labute approximate surface area is 237 Å². The minimum absolute atomic E-state index is 0.0583. The van der Waals surface area contributed by atoms with Crippen LogP contribution in [-0.2, 0) is 4.79 Å². The number of hydrogen-bond acceptors (Lipinski definition) is 6. The second-order valence-electron chi connectivity index (χ2n) is 10.1. The Kier molecular flexibility index (Phi) is 8.17. The largest absolute Gasteiger partial charge is 0.415 e. The van der Waals surface area contributed by atoms with Crippen LogP contribution in [0, 0.1) is 23.1 Å². The minimum Gasteiger partial charge on any atom is -0.410 e. The van der Waals surface area contributed by atoms with Gasteiger partial charge in [0, 0.05) is 56.3 Å². The molecule has 0 bridgehead atoms. The number of rotatable bonds is 5. The number of halogens is 2. The Morgan fingerprint density at radius 2 is 1.77 bits per heavy atom. The predicted molar refractivity (Wildman–Crippen MR) is 149 cm³/mol. The van der Waals surface area contributed by atoms with Crippen molar-refractivity contribution in [2.24, 2.45) is 5.92 Å². The molecular formula is C30H29ClFN5O3. The number of aromatic nitrogens is 1. The SMILES string of the molecule is CN(C(=O)Oc1ccc(F)cc1)[C@@H]1CN(C(=O)C2CCN(c3ncccc3C#N)CC2)C[C@H]1c1ccc(Cl)cc1. The standard InChI is InChI=1S/C30H29ClFN5O3/c1-35(30(39)40-25-10-8-24(32)9-11-25)27-19-37(18-26(27)20-4-6-23(31)7-5-20)29(38)21-12-15-36(16-13-21)28-22(17-33)3-2-14-34-28/h2-11,14,21,26-27H,12-13,15-16,18-19H2,1H3/t26-,27+/m0/s1. The van der Waals surface area contributed by atoms with Crippen molar-refractivity contribution in [3.63, 3.8) is 0 Å². The molecule has 10 heteroatoms. The number of nitrogens with zero attached hydrogens (tertiary/aromatic N) is 5. The molecule has 5 rings (SSSR count). The smallest absolute Gasteiger partial charge is 0.410 e.